The van der Waals surface area contributed by atoms with Crippen molar-refractivity contribution in [3.05, 3.63) is 71.0 Å². The van der Waals surface area contributed by atoms with Crippen LogP contribution < -0.4 is 0 Å². The normalized spacial score (nSPS) is 16.2. The summed E-state index contributed by atoms with van der Waals surface area (Å²) in [7, 11) is 0. The van der Waals surface area contributed by atoms with Gasteiger partial charge in [0.2, 0.25) is 5.91 Å². The number of likely N-dealkylation sites (tertiary alicyclic amines) is 1. The van der Waals surface area contributed by atoms with E-state index in [1.807, 2.05) is 49.1 Å². The Morgan fingerprint density at radius 2 is 1.78 bits per heavy atom. The van der Waals surface area contributed by atoms with Gasteiger partial charge in [0.25, 0.3) is 0 Å². The molecule has 0 bridgehead atoms. The van der Waals surface area contributed by atoms with Crippen LogP contribution in [0.1, 0.15) is 41.3 Å². The minimum Gasteiger partial charge on any atom is -0.342 e. The van der Waals surface area contributed by atoms with Crippen LogP contribution in [0.25, 0.3) is 0 Å². The predicted octanol–water partition coefficient (Wildman–Crippen LogP) is 4.43. The summed E-state index contributed by atoms with van der Waals surface area (Å²) in [4.78, 5) is 27.2. The number of carbonyl (C=O) groups excluding carboxylic acids is 2. The minimum atomic E-state index is -0.275. The molecular weight excluding hydrogens is 341 g/mol. The number of benzene rings is 2. The largest absolute Gasteiger partial charge is 0.342 e. The molecule has 0 aromatic heterocycles. The Hall–Kier alpha value is -2.49. The Balaban J connectivity index is 1.54. The fraction of sp³-hybridized carbons (Fsp3) is 0.391. The first kappa shape index (κ1) is 19.3. The molecule has 1 atom stereocenters. The second kappa shape index (κ2) is 8.47. The third kappa shape index (κ3) is 4.82. The average Bonchev–Trinajstić information content (AvgIpc) is 2.67. The zero-order valence-corrected chi connectivity index (χ0v) is 16.0. The van der Waals surface area contributed by atoms with Crippen LogP contribution in [0.2, 0.25) is 0 Å². The van der Waals surface area contributed by atoms with Crippen molar-refractivity contribution in [2.45, 2.75) is 33.1 Å². The van der Waals surface area contributed by atoms with Crippen molar-refractivity contribution in [1.29, 1.82) is 0 Å². The van der Waals surface area contributed by atoms with Crippen LogP contribution in [0.5, 0.6) is 0 Å². The third-order valence-electron chi connectivity index (χ3n) is 5.37. The predicted molar refractivity (Wildman–Crippen MR) is 104 cm³/mol. The van der Waals surface area contributed by atoms with Gasteiger partial charge >= 0.3 is 0 Å². The minimum absolute atomic E-state index is 0.0183. The standard InChI is InChI=1S/C23H26FNO2/c1-16-6-8-19(9-7-16)22(26)20-10-12-25(13-11-20)23(27)17(2)14-18-4-3-5-21(24)15-18/h3-9,15,17,20H,10-14H2,1-2H3. The van der Waals surface area contributed by atoms with Crippen LogP contribution in [0, 0.1) is 24.6 Å². The molecular formula is C23H26FNO2. The summed E-state index contributed by atoms with van der Waals surface area (Å²) in [6, 6.07) is 14.1. The first-order valence-electron chi connectivity index (χ1n) is 9.58. The second-order valence-corrected chi connectivity index (χ2v) is 7.56. The molecule has 4 heteroatoms. The van der Waals surface area contributed by atoms with E-state index in [9.17, 15) is 14.0 Å². The lowest BCUT2D eigenvalue weighted by molar-refractivity contribution is -0.136. The Morgan fingerprint density at radius 1 is 1.11 bits per heavy atom. The van der Waals surface area contributed by atoms with E-state index >= 15 is 0 Å². The lowest BCUT2D eigenvalue weighted by Crippen LogP contribution is -2.43. The highest BCUT2D eigenvalue weighted by Gasteiger charge is 2.29. The molecule has 142 valence electrons. The number of amides is 1. The highest BCUT2D eigenvalue weighted by Crippen LogP contribution is 2.24. The molecule has 2 aromatic rings. The summed E-state index contributed by atoms with van der Waals surface area (Å²) in [5, 5.41) is 0. The van der Waals surface area contributed by atoms with E-state index in [0.29, 0.717) is 32.4 Å². The van der Waals surface area contributed by atoms with Crippen LogP contribution in [0.3, 0.4) is 0 Å². The Bertz CT molecular complexity index is 807. The topological polar surface area (TPSA) is 37.4 Å². The zero-order valence-electron chi connectivity index (χ0n) is 16.0. The third-order valence-corrected chi connectivity index (χ3v) is 5.37. The van der Waals surface area contributed by atoms with E-state index in [0.717, 1.165) is 16.7 Å². The first-order valence-corrected chi connectivity index (χ1v) is 9.58. The van der Waals surface area contributed by atoms with Crippen LogP contribution in [-0.4, -0.2) is 29.7 Å². The van der Waals surface area contributed by atoms with E-state index in [1.165, 1.54) is 12.1 Å². The fourth-order valence-corrected chi connectivity index (χ4v) is 3.73. The molecule has 1 amide bonds. The molecule has 0 N–H and O–H groups in total. The maximum absolute atomic E-state index is 13.3. The SMILES string of the molecule is Cc1ccc(C(=O)C2CCN(C(=O)C(C)Cc3cccc(F)c3)CC2)cc1. The number of halogens is 1. The van der Waals surface area contributed by atoms with Gasteiger partial charge in [-0.25, -0.2) is 4.39 Å². The maximum atomic E-state index is 13.3. The van der Waals surface area contributed by atoms with Crippen molar-refractivity contribution in [3.8, 4) is 0 Å². The number of nitrogens with zero attached hydrogens (tertiary/aromatic N) is 1. The molecule has 0 saturated carbocycles. The molecule has 0 radical (unpaired) electrons. The van der Waals surface area contributed by atoms with Gasteiger partial charge in [0.15, 0.2) is 5.78 Å². The zero-order chi connectivity index (χ0) is 19.4. The summed E-state index contributed by atoms with van der Waals surface area (Å²) in [6.07, 6.45) is 1.93. The molecule has 2 aromatic carbocycles. The van der Waals surface area contributed by atoms with Gasteiger partial charge in [-0.3, -0.25) is 9.59 Å². The quantitative estimate of drug-likeness (QED) is 0.733. The summed E-state index contributed by atoms with van der Waals surface area (Å²) >= 11 is 0. The molecule has 1 unspecified atom stereocenters. The van der Waals surface area contributed by atoms with E-state index < -0.39 is 0 Å². The van der Waals surface area contributed by atoms with E-state index in [2.05, 4.69) is 0 Å². The van der Waals surface area contributed by atoms with Gasteiger partial charge in [-0.05, 0) is 43.9 Å². The van der Waals surface area contributed by atoms with Crippen molar-refractivity contribution < 1.29 is 14.0 Å². The van der Waals surface area contributed by atoms with Gasteiger partial charge in [-0.15, -0.1) is 0 Å². The summed E-state index contributed by atoms with van der Waals surface area (Å²) in [5.74, 6) is -0.232. The summed E-state index contributed by atoms with van der Waals surface area (Å²) < 4.78 is 13.3. The van der Waals surface area contributed by atoms with Crippen molar-refractivity contribution in [1.82, 2.24) is 4.90 Å². The van der Waals surface area contributed by atoms with E-state index in [-0.39, 0.29) is 29.3 Å². The highest BCUT2D eigenvalue weighted by atomic mass is 19.1. The van der Waals surface area contributed by atoms with Crippen LogP contribution in [-0.2, 0) is 11.2 Å². The summed E-state index contributed by atoms with van der Waals surface area (Å²) in [5.41, 5.74) is 2.73. The molecule has 27 heavy (non-hydrogen) atoms. The van der Waals surface area contributed by atoms with E-state index in [1.54, 1.807) is 6.07 Å². The first-order chi connectivity index (χ1) is 12.9. The number of ketones is 1. The molecule has 0 spiro atoms. The maximum Gasteiger partial charge on any atom is 0.225 e. The Morgan fingerprint density at radius 3 is 2.41 bits per heavy atom. The number of aryl methyl sites for hydroxylation is 1. The van der Waals surface area contributed by atoms with Crippen LogP contribution in [0.4, 0.5) is 4.39 Å². The molecule has 1 aliphatic rings. The lowest BCUT2D eigenvalue weighted by Gasteiger charge is -2.33. The lowest BCUT2D eigenvalue weighted by atomic mass is 9.88. The van der Waals surface area contributed by atoms with Gasteiger partial charge in [0.1, 0.15) is 5.82 Å². The highest BCUT2D eigenvalue weighted by molar-refractivity contribution is 5.98. The number of hydrogen-bond acceptors (Lipinski definition) is 2. The van der Waals surface area contributed by atoms with Crippen molar-refractivity contribution in [3.63, 3.8) is 0 Å². The second-order valence-electron chi connectivity index (χ2n) is 7.56. The molecule has 3 rings (SSSR count). The number of piperidine rings is 1. The van der Waals surface area contributed by atoms with Gasteiger partial charge in [-0.2, -0.15) is 0 Å². The van der Waals surface area contributed by atoms with Gasteiger partial charge in [0.05, 0.1) is 0 Å². The van der Waals surface area contributed by atoms with Crippen LogP contribution >= 0.6 is 0 Å². The van der Waals surface area contributed by atoms with Gasteiger partial charge < -0.3 is 4.90 Å². The molecule has 1 aliphatic heterocycles. The Kier molecular flexibility index (Phi) is 6.04. The molecule has 1 saturated heterocycles. The monoisotopic (exact) mass is 367 g/mol. The van der Waals surface area contributed by atoms with Gasteiger partial charge in [-0.1, -0.05) is 48.9 Å². The van der Waals surface area contributed by atoms with Crippen molar-refractivity contribution in [2.75, 3.05) is 13.1 Å². The Labute approximate surface area is 160 Å². The van der Waals surface area contributed by atoms with Gasteiger partial charge in [0, 0.05) is 30.5 Å². The smallest absolute Gasteiger partial charge is 0.225 e. The summed E-state index contributed by atoms with van der Waals surface area (Å²) in [6.45, 7) is 5.10. The number of hydrogen-bond donors (Lipinski definition) is 0. The van der Waals surface area contributed by atoms with Crippen molar-refractivity contribution in [2.24, 2.45) is 11.8 Å². The van der Waals surface area contributed by atoms with E-state index in [4.69, 9.17) is 0 Å². The molecule has 0 aliphatic carbocycles. The number of rotatable bonds is 5. The van der Waals surface area contributed by atoms with Crippen molar-refractivity contribution >= 4 is 11.7 Å². The molecule has 3 nitrogen and oxygen atoms in total. The number of carbonyl (C=O) groups is 2. The average molecular weight is 367 g/mol. The molecule has 1 fully saturated rings. The number of Topliss-reactive ketones (excluding diaryl/α,β-unsaturated/α-hetero) is 1. The fourth-order valence-electron chi connectivity index (χ4n) is 3.73. The molecule has 1 heterocycles. The van der Waals surface area contributed by atoms with Crippen LogP contribution in [0.15, 0.2) is 48.5 Å².